The number of hydrogen-bond donors (Lipinski definition) is 2. The molecular formula is C11H18N2OS. The largest absolute Gasteiger partial charge is 0.379 e. The van der Waals surface area contributed by atoms with Crippen LogP contribution < -0.4 is 5.73 Å². The van der Waals surface area contributed by atoms with Crippen molar-refractivity contribution < 1.29 is 4.79 Å². The minimum absolute atomic E-state index is 0.0189. The fourth-order valence-electron chi connectivity index (χ4n) is 3.30. The minimum Gasteiger partial charge on any atom is -0.379 e. The Hall–Kier alpha value is -0.510. The lowest BCUT2D eigenvalue weighted by atomic mass is 9.71. The second-order valence-corrected chi connectivity index (χ2v) is 6.64. The summed E-state index contributed by atoms with van der Waals surface area (Å²) >= 11 is 1.25. The number of thioether (sulfide) groups is 1. The van der Waals surface area contributed by atoms with Crippen LogP contribution in [0.25, 0.3) is 0 Å². The van der Waals surface area contributed by atoms with Crippen molar-refractivity contribution in [3.05, 3.63) is 0 Å². The monoisotopic (exact) mass is 226 g/mol. The summed E-state index contributed by atoms with van der Waals surface area (Å²) in [6.07, 6.45) is 2.10. The highest BCUT2D eigenvalue weighted by atomic mass is 32.2. The number of rotatable bonds is 1. The van der Waals surface area contributed by atoms with Gasteiger partial charge in [0.05, 0.1) is 5.25 Å². The van der Waals surface area contributed by atoms with Crippen LogP contribution >= 0.6 is 11.8 Å². The first kappa shape index (κ1) is 11.0. The molecule has 0 saturated heterocycles. The topological polar surface area (TPSA) is 66.9 Å². The normalized spacial score (nSPS) is 42.2. The summed E-state index contributed by atoms with van der Waals surface area (Å²) < 4.78 is 0. The van der Waals surface area contributed by atoms with Crippen LogP contribution in [-0.4, -0.2) is 16.2 Å². The van der Waals surface area contributed by atoms with Crippen LogP contribution in [0.15, 0.2) is 0 Å². The van der Waals surface area contributed by atoms with Gasteiger partial charge in [-0.2, -0.15) is 0 Å². The Morgan fingerprint density at radius 1 is 1.53 bits per heavy atom. The Morgan fingerprint density at radius 3 is 2.53 bits per heavy atom. The maximum absolute atomic E-state index is 12.2. The maximum Gasteiger partial charge on any atom is 0.151 e. The molecule has 2 saturated carbocycles. The quantitative estimate of drug-likeness (QED) is 0.531. The van der Waals surface area contributed by atoms with Gasteiger partial charge in [0.2, 0.25) is 0 Å². The number of ketones is 1. The number of fused-ring (bicyclic) bond motifs is 2. The number of carbonyl (C=O) groups excluding carboxylic acids is 1. The smallest absolute Gasteiger partial charge is 0.151 e. The summed E-state index contributed by atoms with van der Waals surface area (Å²) in [5.41, 5.74) is 5.49. The van der Waals surface area contributed by atoms with Crippen LogP contribution in [0.5, 0.6) is 0 Å². The SMILES string of the molecule is CC1(C)[C@H]2CC[C@]1(C)[C@H](SC(=N)N)C2=O. The molecule has 0 unspecified atom stereocenters. The molecule has 2 fully saturated rings. The number of nitrogens with two attached hydrogens (primary N) is 1. The fourth-order valence-corrected chi connectivity index (χ4v) is 4.52. The van der Waals surface area contributed by atoms with Crippen LogP contribution in [0, 0.1) is 22.2 Å². The molecule has 0 heterocycles. The molecule has 15 heavy (non-hydrogen) atoms. The molecule has 3 N–H and O–H groups in total. The summed E-state index contributed by atoms with van der Waals surface area (Å²) in [4.78, 5) is 12.2. The molecule has 0 radical (unpaired) electrons. The third kappa shape index (κ3) is 1.20. The zero-order valence-corrected chi connectivity index (χ0v) is 10.3. The Kier molecular flexibility index (Phi) is 2.20. The lowest BCUT2D eigenvalue weighted by molar-refractivity contribution is -0.122. The van der Waals surface area contributed by atoms with Crippen molar-refractivity contribution >= 4 is 22.7 Å². The van der Waals surface area contributed by atoms with Crippen molar-refractivity contribution in [3.8, 4) is 0 Å². The van der Waals surface area contributed by atoms with E-state index in [1.54, 1.807) is 0 Å². The van der Waals surface area contributed by atoms with E-state index in [2.05, 4.69) is 20.8 Å². The van der Waals surface area contributed by atoms with E-state index in [0.29, 0.717) is 5.78 Å². The van der Waals surface area contributed by atoms with Crippen molar-refractivity contribution in [1.82, 2.24) is 0 Å². The van der Waals surface area contributed by atoms with Crippen LogP contribution in [0.4, 0.5) is 0 Å². The van der Waals surface area contributed by atoms with Crippen LogP contribution in [0.3, 0.4) is 0 Å². The van der Waals surface area contributed by atoms with Gasteiger partial charge < -0.3 is 5.73 Å². The number of nitrogens with one attached hydrogen (secondary N) is 1. The number of hydrogen-bond acceptors (Lipinski definition) is 3. The molecule has 0 aliphatic heterocycles. The van der Waals surface area contributed by atoms with E-state index >= 15 is 0 Å². The number of carbonyl (C=O) groups is 1. The molecule has 2 aliphatic carbocycles. The third-order valence-corrected chi connectivity index (χ3v) is 5.96. The molecule has 2 rings (SSSR count). The first-order valence-corrected chi connectivity index (χ1v) is 6.23. The maximum atomic E-state index is 12.2. The fraction of sp³-hybridized carbons (Fsp3) is 0.818. The standard InChI is InChI=1S/C11H18N2OS/c1-10(2)6-4-5-11(10,3)8(7(6)14)15-9(12)13/h6,8H,4-5H2,1-3H3,(H3,12,13)/t6-,8+,11+/m0/s1. The molecule has 0 aromatic heterocycles. The molecule has 2 bridgehead atoms. The van der Waals surface area contributed by atoms with Crippen molar-refractivity contribution in [2.75, 3.05) is 0 Å². The Labute approximate surface area is 94.7 Å². The van der Waals surface area contributed by atoms with Gasteiger partial charge in [-0.25, -0.2) is 0 Å². The molecule has 2 aliphatic rings. The molecule has 84 valence electrons. The van der Waals surface area contributed by atoms with E-state index in [0.717, 1.165) is 12.8 Å². The van der Waals surface area contributed by atoms with E-state index in [-0.39, 0.29) is 27.2 Å². The second kappa shape index (κ2) is 3.00. The highest BCUT2D eigenvalue weighted by Crippen LogP contribution is 2.66. The second-order valence-electron chi connectivity index (χ2n) is 5.49. The van der Waals surface area contributed by atoms with Crippen molar-refractivity contribution in [2.45, 2.75) is 38.9 Å². The lowest BCUT2D eigenvalue weighted by Gasteiger charge is -2.37. The molecule has 0 spiro atoms. The number of Topliss-reactive ketones (excluding diaryl/α,β-unsaturated/α-hetero) is 1. The van der Waals surface area contributed by atoms with Gasteiger partial charge in [0.1, 0.15) is 5.78 Å². The molecule has 3 nitrogen and oxygen atoms in total. The summed E-state index contributed by atoms with van der Waals surface area (Å²) in [7, 11) is 0. The predicted octanol–water partition coefficient (Wildman–Crippen LogP) is 2.01. The van der Waals surface area contributed by atoms with E-state index in [9.17, 15) is 4.79 Å². The summed E-state index contributed by atoms with van der Waals surface area (Å²) in [5.74, 6) is 0.494. The average Bonchev–Trinajstić information content (AvgIpc) is 2.39. The lowest BCUT2D eigenvalue weighted by Crippen LogP contribution is -2.37. The first-order valence-electron chi connectivity index (χ1n) is 5.35. The average molecular weight is 226 g/mol. The van der Waals surface area contributed by atoms with Gasteiger partial charge in [-0.15, -0.1) is 0 Å². The molecule has 4 heteroatoms. The molecular weight excluding hydrogens is 208 g/mol. The van der Waals surface area contributed by atoms with Gasteiger partial charge in [-0.3, -0.25) is 10.2 Å². The van der Waals surface area contributed by atoms with Crippen LogP contribution in [-0.2, 0) is 4.79 Å². The molecule has 0 aromatic rings. The zero-order chi connectivity index (χ0) is 11.4. The van der Waals surface area contributed by atoms with Gasteiger partial charge >= 0.3 is 0 Å². The zero-order valence-electron chi connectivity index (χ0n) is 9.46. The van der Waals surface area contributed by atoms with E-state index < -0.39 is 0 Å². The first-order chi connectivity index (χ1) is 6.80. The van der Waals surface area contributed by atoms with E-state index in [4.69, 9.17) is 11.1 Å². The summed E-state index contributed by atoms with van der Waals surface area (Å²) in [6.45, 7) is 6.55. The Balaban J connectivity index is 2.36. The Morgan fingerprint density at radius 2 is 2.13 bits per heavy atom. The van der Waals surface area contributed by atoms with Crippen LogP contribution in [0.2, 0.25) is 0 Å². The van der Waals surface area contributed by atoms with Crippen molar-refractivity contribution in [3.63, 3.8) is 0 Å². The molecule has 3 atom stereocenters. The summed E-state index contributed by atoms with van der Waals surface area (Å²) in [5, 5.41) is 7.31. The molecule has 0 aromatic carbocycles. The van der Waals surface area contributed by atoms with Gasteiger partial charge in [0.25, 0.3) is 0 Å². The third-order valence-electron chi connectivity index (χ3n) is 4.72. The highest BCUT2D eigenvalue weighted by molar-refractivity contribution is 8.14. The minimum atomic E-state index is -0.0938. The predicted molar refractivity (Wildman–Crippen MR) is 62.9 cm³/mol. The molecule has 0 amide bonds. The van der Waals surface area contributed by atoms with Crippen molar-refractivity contribution in [1.29, 1.82) is 5.41 Å². The summed E-state index contributed by atoms with van der Waals surface area (Å²) in [6, 6.07) is 0. The van der Waals surface area contributed by atoms with Crippen molar-refractivity contribution in [2.24, 2.45) is 22.5 Å². The van der Waals surface area contributed by atoms with Gasteiger partial charge in [0.15, 0.2) is 5.17 Å². The van der Waals surface area contributed by atoms with E-state index in [1.807, 2.05) is 0 Å². The number of amidine groups is 1. The van der Waals surface area contributed by atoms with Gasteiger partial charge in [-0.05, 0) is 23.7 Å². The highest BCUT2D eigenvalue weighted by Gasteiger charge is 2.66. The Bertz CT molecular complexity index is 339. The van der Waals surface area contributed by atoms with Gasteiger partial charge in [0, 0.05) is 5.92 Å². The van der Waals surface area contributed by atoms with Crippen LogP contribution in [0.1, 0.15) is 33.6 Å². The van der Waals surface area contributed by atoms with E-state index in [1.165, 1.54) is 11.8 Å². The van der Waals surface area contributed by atoms with Gasteiger partial charge in [-0.1, -0.05) is 32.5 Å².